The highest BCUT2D eigenvalue weighted by Crippen LogP contribution is 2.35. The Bertz CT molecular complexity index is 599. The predicted octanol–water partition coefficient (Wildman–Crippen LogP) is 3.48. The molecule has 0 bridgehead atoms. The van der Waals surface area contributed by atoms with Crippen LogP contribution in [0.3, 0.4) is 0 Å². The Kier molecular flexibility index (Phi) is 3.81. The van der Waals surface area contributed by atoms with Crippen LogP contribution in [-0.2, 0) is 4.74 Å². The third-order valence-electron chi connectivity index (χ3n) is 3.14. The van der Waals surface area contributed by atoms with Crippen molar-refractivity contribution in [3.63, 3.8) is 0 Å². The van der Waals surface area contributed by atoms with Gasteiger partial charge in [0.1, 0.15) is 11.9 Å². The van der Waals surface area contributed by atoms with Crippen molar-refractivity contribution in [2.24, 2.45) is 5.41 Å². The monoisotopic (exact) mass is 276 g/mol. The molecule has 1 aromatic heterocycles. The standard InChI is InChI=1S/C15H20N2O3/c1-9-8-10(18)6-7-11(9)14-16-13(17-20-14)12(19-5)15(2,3)4/h6-8,12,18H,1-5H3. The third-order valence-corrected chi connectivity index (χ3v) is 3.14. The van der Waals surface area contributed by atoms with E-state index in [1.54, 1.807) is 25.3 Å². The SMILES string of the molecule is COC(c1noc(-c2ccc(O)cc2C)n1)C(C)(C)C. The number of aryl methyl sites for hydroxylation is 1. The largest absolute Gasteiger partial charge is 0.508 e. The van der Waals surface area contributed by atoms with E-state index in [0.29, 0.717) is 11.7 Å². The van der Waals surface area contributed by atoms with E-state index in [1.165, 1.54) is 0 Å². The molecule has 1 unspecified atom stereocenters. The van der Waals surface area contributed by atoms with Crippen LogP contribution in [-0.4, -0.2) is 22.4 Å². The Labute approximate surface area is 118 Å². The second kappa shape index (κ2) is 5.25. The van der Waals surface area contributed by atoms with Gasteiger partial charge in [-0.05, 0) is 36.1 Å². The number of hydrogen-bond acceptors (Lipinski definition) is 5. The summed E-state index contributed by atoms with van der Waals surface area (Å²) in [4.78, 5) is 4.42. The van der Waals surface area contributed by atoms with Crippen LogP contribution in [0.2, 0.25) is 0 Å². The number of hydrogen-bond donors (Lipinski definition) is 1. The lowest BCUT2D eigenvalue weighted by atomic mass is 9.88. The number of ether oxygens (including phenoxy) is 1. The van der Waals surface area contributed by atoms with Gasteiger partial charge in [0.25, 0.3) is 5.89 Å². The Morgan fingerprint density at radius 1 is 1.30 bits per heavy atom. The molecule has 5 heteroatoms. The first-order valence-corrected chi connectivity index (χ1v) is 6.49. The van der Waals surface area contributed by atoms with E-state index in [-0.39, 0.29) is 17.3 Å². The molecule has 0 spiro atoms. The molecule has 0 saturated carbocycles. The zero-order chi connectivity index (χ0) is 14.9. The molecule has 0 aliphatic rings. The first kappa shape index (κ1) is 14.5. The van der Waals surface area contributed by atoms with Crippen LogP contribution in [0.15, 0.2) is 22.7 Å². The Balaban J connectivity index is 2.38. The average Bonchev–Trinajstić information content (AvgIpc) is 2.77. The van der Waals surface area contributed by atoms with E-state index in [9.17, 15) is 5.11 Å². The summed E-state index contributed by atoms with van der Waals surface area (Å²) in [7, 11) is 1.64. The number of phenolic OH excluding ortho intramolecular Hbond substituents is 1. The summed E-state index contributed by atoms with van der Waals surface area (Å²) in [6, 6.07) is 5.03. The minimum absolute atomic E-state index is 0.125. The predicted molar refractivity (Wildman–Crippen MR) is 75.3 cm³/mol. The molecule has 2 aromatic rings. The number of rotatable bonds is 3. The lowest BCUT2D eigenvalue weighted by Gasteiger charge is -2.26. The van der Waals surface area contributed by atoms with E-state index in [0.717, 1.165) is 11.1 Å². The van der Waals surface area contributed by atoms with Crippen LogP contribution >= 0.6 is 0 Å². The zero-order valence-electron chi connectivity index (χ0n) is 12.5. The second-order valence-corrected chi connectivity index (χ2v) is 5.94. The fourth-order valence-corrected chi connectivity index (χ4v) is 2.18. The van der Waals surface area contributed by atoms with Gasteiger partial charge in [0, 0.05) is 12.7 Å². The van der Waals surface area contributed by atoms with E-state index in [1.807, 2.05) is 6.92 Å². The van der Waals surface area contributed by atoms with Crippen LogP contribution in [0.25, 0.3) is 11.5 Å². The molecule has 0 amide bonds. The molecular formula is C15H20N2O3. The van der Waals surface area contributed by atoms with Gasteiger partial charge in [-0.15, -0.1) is 0 Å². The molecule has 0 aliphatic heterocycles. The molecule has 1 N–H and O–H groups in total. The number of aromatic nitrogens is 2. The van der Waals surface area contributed by atoms with Crippen molar-refractivity contribution < 1.29 is 14.4 Å². The first-order chi connectivity index (χ1) is 9.32. The number of aromatic hydroxyl groups is 1. The maximum atomic E-state index is 9.44. The summed E-state index contributed by atoms with van der Waals surface area (Å²) < 4.78 is 10.8. The van der Waals surface area contributed by atoms with Crippen LogP contribution < -0.4 is 0 Å². The van der Waals surface area contributed by atoms with Crippen LogP contribution in [0, 0.1) is 12.3 Å². The van der Waals surface area contributed by atoms with Crippen LogP contribution in [0.1, 0.15) is 38.3 Å². The van der Waals surface area contributed by atoms with Gasteiger partial charge in [0.2, 0.25) is 5.82 Å². The van der Waals surface area contributed by atoms with Gasteiger partial charge in [-0.1, -0.05) is 25.9 Å². The van der Waals surface area contributed by atoms with Crippen LogP contribution in [0.5, 0.6) is 5.75 Å². The molecule has 2 rings (SSSR count). The molecular weight excluding hydrogens is 256 g/mol. The van der Waals surface area contributed by atoms with Crippen molar-refractivity contribution in [2.75, 3.05) is 7.11 Å². The molecule has 108 valence electrons. The highest BCUT2D eigenvalue weighted by Gasteiger charge is 2.30. The number of methoxy groups -OCH3 is 1. The molecule has 1 heterocycles. The van der Waals surface area contributed by atoms with Crippen molar-refractivity contribution in [3.05, 3.63) is 29.6 Å². The summed E-state index contributed by atoms with van der Waals surface area (Å²) in [5, 5.41) is 13.5. The maximum absolute atomic E-state index is 9.44. The highest BCUT2D eigenvalue weighted by molar-refractivity contribution is 5.59. The number of nitrogens with zero attached hydrogens (tertiary/aromatic N) is 2. The fourth-order valence-electron chi connectivity index (χ4n) is 2.18. The van der Waals surface area contributed by atoms with E-state index in [2.05, 4.69) is 30.9 Å². The summed E-state index contributed by atoms with van der Waals surface area (Å²) in [6.07, 6.45) is -0.238. The molecule has 0 saturated heterocycles. The first-order valence-electron chi connectivity index (χ1n) is 6.49. The molecule has 20 heavy (non-hydrogen) atoms. The van der Waals surface area contributed by atoms with Gasteiger partial charge in [-0.3, -0.25) is 0 Å². The van der Waals surface area contributed by atoms with Gasteiger partial charge in [-0.25, -0.2) is 0 Å². The van der Waals surface area contributed by atoms with Gasteiger partial charge in [-0.2, -0.15) is 4.98 Å². The number of phenols is 1. The summed E-state index contributed by atoms with van der Waals surface area (Å²) >= 11 is 0. The number of benzene rings is 1. The Morgan fingerprint density at radius 2 is 2.00 bits per heavy atom. The van der Waals surface area contributed by atoms with Gasteiger partial charge in [0.05, 0.1) is 0 Å². The minimum atomic E-state index is -0.238. The lowest BCUT2D eigenvalue weighted by Crippen LogP contribution is -2.21. The van der Waals surface area contributed by atoms with Crippen molar-refractivity contribution in [2.45, 2.75) is 33.8 Å². The third kappa shape index (κ3) is 2.82. The van der Waals surface area contributed by atoms with Gasteiger partial charge < -0.3 is 14.4 Å². The zero-order valence-corrected chi connectivity index (χ0v) is 12.5. The maximum Gasteiger partial charge on any atom is 0.258 e. The van der Waals surface area contributed by atoms with Crippen molar-refractivity contribution in [1.29, 1.82) is 0 Å². The normalized spacial score (nSPS) is 13.4. The van der Waals surface area contributed by atoms with Gasteiger partial charge in [0.15, 0.2) is 0 Å². The molecule has 1 atom stereocenters. The Hall–Kier alpha value is -1.88. The summed E-state index contributed by atoms with van der Waals surface area (Å²) in [5.41, 5.74) is 1.56. The highest BCUT2D eigenvalue weighted by atomic mass is 16.5. The summed E-state index contributed by atoms with van der Waals surface area (Å²) in [6.45, 7) is 8.06. The van der Waals surface area contributed by atoms with E-state index in [4.69, 9.17) is 9.26 Å². The molecule has 0 radical (unpaired) electrons. The Morgan fingerprint density at radius 3 is 2.55 bits per heavy atom. The molecule has 5 nitrogen and oxygen atoms in total. The van der Waals surface area contributed by atoms with E-state index >= 15 is 0 Å². The summed E-state index contributed by atoms with van der Waals surface area (Å²) in [5.74, 6) is 1.18. The van der Waals surface area contributed by atoms with E-state index < -0.39 is 0 Å². The van der Waals surface area contributed by atoms with Crippen molar-refractivity contribution >= 4 is 0 Å². The van der Waals surface area contributed by atoms with Crippen LogP contribution in [0.4, 0.5) is 0 Å². The average molecular weight is 276 g/mol. The minimum Gasteiger partial charge on any atom is -0.508 e. The quantitative estimate of drug-likeness (QED) is 0.929. The topological polar surface area (TPSA) is 68.4 Å². The lowest BCUT2D eigenvalue weighted by molar-refractivity contribution is 0.00718. The van der Waals surface area contributed by atoms with Gasteiger partial charge >= 0.3 is 0 Å². The van der Waals surface area contributed by atoms with Crippen molar-refractivity contribution in [1.82, 2.24) is 10.1 Å². The molecule has 0 aliphatic carbocycles. The smallest absolute Gasteiger partial charge is 0.258 e. The van der Waals surface area contributed by atoms with Crippen molar-refractivity contribution in [3.8, 4) is 17.2 Å². The second-order valence-electron chi connectivity index (χ2n) is 5.94. The molecule has 1 aromatic carbocycles. The fraction of sp³-hybridized carbons (Fsp3) is 0.467. The molecule has 0 fully saturated rings.